The van der Waals surface area contributed by atoms with Gasteiger partial charge in [0.15, 0.2) is 0 Å². The Morgan fingerprint density at radius 1 is 1.11 bits per heavy atom. The number of rotatable bonds is 6. The van der Waals surface area contributed by atoms with Gasteiger partial charge in [-0.25, -0.2) is 0 Å². The smallest absolute Gasteiger partial charge is 0.290 e. The molecule has 2 amide bonds. The Morgan fingerprint density at radius 3 is 2.63 bits per heavy atom. The number of nitrogens with zero attached hydrogens (tertiary/aromatic N) is 1. The van der Waals surface area contributed by atoms with Crippen molar-refractivity contribution < 1.29 is 18.8 Å². The van der Waals surface area contributed by atoms with Gasteiger partial charge in [-0.05, 0) is 66.6 Å². The van der Waals surface area contributed by atoms with E-state index >= 15 is 0 Å². The molecule has 4 N–H and O–H groups in total. The highest BCUT2D eigenvalue weighted by atomic mass is 16.5. The minimum Gasteiger partial charge on any atom is -0.399 e. The first-order valence-corrected chi connectivity index (χ1v) is 11.8. The quantitative estimate of drug-likeness (QED) is 0.444. The topological polar surface area (TPSA) is 119 Å². The van der Waals surface area contributed by atoms with Crippen molar-refractivity contribution in [3.63, 3.8) is 0 Å². The molecule has 1 fully saturated rings. The van der Waals surface area contributed by atoms with Crippen molar-refractivity contribution in [2.75, 3.05) is 24.2 Å². The highest BCUT2D eigenvalue weighted by Gasteiger charge is 2.20. The second-order valence-corrected chi connectivity index (χ2v) is 10.00. The first kappa shape index (κ1) is 24.5. The van der Waals surface area contributed by atoms with Gasteiger partial charge in [-0.3, -0.25) is 9.59 Å². The number of nitrogen functional groups attached to an aromatic ring is 1. The molecule has 184 valence electrons. The zero-order chi connectivity index (χ0) is 25.2. The van der Waals surface area contributed by atoms with Gasteiger partial charge in [-0.15, -0.1) is 0 Å². The van der Waals surface area contributed by atoms with Gasteiger partial charge in [-0.1, -0.05) is 32.0 Å². The van der Waals surface area contributed by atoms with Crippen LogP contribution in [0.4, 0.5) is 11.4 Å². The molecule has 4 rings (SSSR count). The van der Waals surface area contributed by atoms with E-state index in [4.69, 9.17) is 15.0 Å². The number of benzene rings is 2. The number of hydrogen-bond acceptors (Lipinski definition) is 6. The van der Waals surface area contributed by atoms with E-state index in [1.807, 2.05) is 37.3 Å². The van der Waals surface area contributed by atoms with Crippen LogP contribution >= 0.6 is 0 Å². The number of anilines is 2. The van der Waals surface area contributed by atoms with Crippen molar-refractivity contribution in [1.29, 1.82) is 0 Å². The van der Waals surface area contributed by atoms with Crippen molar-refractivity contribution in [2.24, 2.45) is 0 Å². The average molecular weight is 477 g/mol. The summed E-state index contributed by atoms with van der Waals surface area (Å²) in [5.74, 6) is -0.467. The summed E-state index contributed by atoms with van der Waals surface area (Å²) >= 11 is 0. The van der Waals surface area contributed by atoms with Gasteiger partial charge in [0.05, 0.1) is 6.10 Å². The number of carbonyl (C=O) groups is 2. The molecule has 8 heteroatoms. The van der Waals surface area contributed by atoms with Gasteiger partial charge in [0.2, 0.25) is 5.76 Å². The molecule has 35 heavy (non-hydrogen) atoms. The molecule has 1 aliphatic rings. The van der Waals surface area contributed by atoms with Crippen molar-refractivity contribution >= 4 is 23.2 Å². The maximum absolute atomic E-state index is 13.0. The summed E-state index contributed by atoms with van der Waals surface area (Å²) < 4.78 is 10.8. The Balaban J connectivity index is 1.49. The zero-order valence-corrected chi connectivity index (χ0v) is 20.6. The lowest BCUT2D eigenvalue weighted by Gasteiger charge is -2.20. The molecule has 1 unspecified atom stereocenters. The number of hydrogen-bond donors (Lipinski definition) is 3. The maximum atomic E-state index is 13.0. The van der Waals surface area contributed by atoms with Crippen molar-refractivity contribution in [1.82, 2.24) is 10.5 Å². The third-order valence-electron chi connectivity index (χ3n) is 6.10. The second-order valence-electron chi connectivity index (χ2n) is 10.00. The lowest BCUT2D eigenvalue weighted by Crippen LogP contribution is -2.31. The third kappa shape index (κ3) is 5.89. The number of ether oxygens (including phenoxy) is 1. The number of amides is 2. The molecule has 1 aromatic heterocycles. The number of nitrogens with two attached hydrogens (primary N) is 1. The first-order chi connectivity index (χ1) is 16.6. The van der Waals surface area contributed by atoms with E-state index in [0.717, 1.165) is 36.1 Å². The van der Waals surface area contributed by atoms with Crippen LogP contribution in [0.15, 0.2) is 47.0 Å². The summed E-state index contributed by atoms with van der Waals surface area (Å²) in [6.45, 7) is 9.32. The van der Waals surface area contributed by atoms with Gasteiger partial charge >= 0.3 is 0 Å². The van der Waals surface area contributed by atoms with Gasteiger partial charge in [0, 0.05) is 41.7 Å². The standard InChI is InChI=1S/C27H32N4O4/c1-16-7-8-20(30-25(32)17-10-18(27(2,3)4)12-19(28)11-17)13-22(16)23-14-24(35-31-23)26(33)29-15-21-6-5-9-34-21/h7-8,10-14,21H,5-6,9,15,28H2,1-4H3,(H,29,33)(H,30,32). The van der Waals surface area contributed by atoms with Crippen LogP contribution in [0.2, 0.25) is 0 Å². The van der Waals surface area contributed by atoms with E-state index in [1.54, 1.807) is 12.1 Å². The van der Waals surface area contributed by atoms with Crippen LogP contribution in [0.1, 0.15) is 65.7 Å². The van der Waals surface area contributed by atoms with Crippen molar-refractivity contribution in [3.8, 4) is 11.3 Å². The second kappa shape index (κ2) is 9.92. The van der Waals surface area contributed by atoms with Crippen LogP contribution in [-0.4, -0.2) is 36.2 Å². The van der Waals surface area contributed by atoms with Crippen LogP contribution < -0.4 is 16.4 Å². The minimum absolute atomic E-state index is 0.0447. The summed E-state index contributed by atoms with van der Waals surface area (Å²) in [6, 6.07) is 12.5. The predicted octanol–water partition coefficient (Wildman–Crippen LogP) is 4.69. The molecule has 1 atom stereocenters. The molecular weight excluding hydrogens is 444 g/mol. The molecule has 0 spiro atoms. The van der Waals surface area contributed by atoms with Crippen LogP contribution in [0, 0.1) is 6.92 Å². The highest BCUT2D eigenvalue weighted by molar-refractivity contribution is 6.05. The van der Waals surface area contributed by atoms with Crippen LogP contribution in [0.25, 0.3) is 11.3 Å². The summed E-state index contributed by atoms with van der Waals surface area (Å²) in [6.07, 6.45) is 1.99. The normalized spacial score (nSPS) is 15.7. The van der Waals surface area contributed by atoms with E-state index in [2.05, 4.69) is 36.6 Å². The van der Waals surface area contributed by atoms with Gasteiger partial charge < -0.3 is 25.6 Å². The summed E-state index contributed by atoms with van der Waals surface area (Å²) in [4.78, 5) is 25.4. The molecule has 3 aromatic rings. The predicted molar refractivity (Wildman–Crippen MR) is 135 cm³/mol. The molecule has 1 saturated heterocycles. The van der Waals surface area contributed by atoms with Gasteiger partial charge in [0.25, 0.3) is 11.8 Å². The Kier molecular flexibility index (Phi) is 6.93. The van der Waals surface area contributed by atoms with E-state index in [9.17, 15) is 9.59 Å². The summed E-state index contributed by atoms with van der Waals surface area (Å²) in [5, 5.41) is 9.85. The van der Waals surface area contributed by atoms with Gasteiger partial charge in [-0.2, -0.15) is 0 Å². The van der Waals surface area contributed by atoms with Crippen LogP contribution in [0.3, 0.4) is 0 Å². The fourth-order valence-corrected chi connectivity index (χ4v) is 4.00. The SMILES string of the molecule is Cc1ccc(NC(=O)c2cc(N)cc(C(C)(C)C)c2)cc1-c1cc(C(=O)NCC2CCCO2)on1. The lowest BCUT2D eigenvalue weighted by atomic mass is 9.85. The van der Waals surface area contributed by atoms with E-state index in [1.165, 1.54) is 0 Å². The molecule has 0 saturated carbocycles. The van der Waals surface area contributed by atoms with Gasteiger partial charge in [0.1, 0.15) is 5.69 Å². The van der Waals surface area contributed by atoms with Crippen LogP contribution in [0.5, 0.6) is 0 Å². The Morgan fingerprint density at radius 2 is 1.91 bits per heavy atom. The van der Waals surface area contributed by atoms with Crippen LogP contribution in [-0.2, 0) is 10.2 Å². The highest BCUT2D eigenvalue weighted by Crippen LogP contribution is 2.28. The molecular formula is C27H32N4O4. The van der Waals surface area contributed by atoms with E-state index < -0.39 is 0 Å². The Hall–Kier alpha value is -3.65. The number of aryl methyl sites for hydroxylation is 1. The molecule has 1 aliphatic heterocycles. The molecule has 2 heterocycles. The maximum Gasteiger partial charge on any atom is 0.290 e. The zero-order valence-electron chi connectivity index (χ0n) is 20.6. The average Bonchev–Trinajstić information content (AvgIpc) is 3.50. The van der Waals surface area contributed by atoms with E-state index in [-0.39, 0.29) is 29.1 Å². The number of nitrogens with one attached hydrogen (secondary N) is 2. The minimum atomic E-state index is -0.335. The summed E-state index contributed by atoms with van der Waals surface area (Å²) in [5.41, 5.74) is 10.7. The largest absolute Gasteiger partial charge is 0.399 e. The van der Waals surface area contributed by atoms with E-state index in [0.29, 0.717) is 29.2 Å². The third-order valence-corrected chi connectivity index (χ3v) is 6.10. The molecule has 0 bridgehead atoms. The lowest BCUT2D eigenvalue weighted by molar-refractivity contribution is 0.0827. The number of carbonyl (C=O) groups excluding carboxylic acids is 2. The van der Waals surface area contributed by atoms with Crippen molar-refractivity contribution in [2.45, 2.75) is 52.1 Å². The molecule has 2 aromatic carbocycles. The number of aromatic nitrogens is 1. The summed E-state index contributed by atoms with van der Waals surface area (Å²) in [7, 11) is 0. The Bertz CT molecular complexity index is 1240. The molecule has 0 radical (unpaired) electrons. The fraction of sp³-hybridized carbons (Fsp3) is 0.370. The first-order valence-electron chi connectivity index (χ1n) is 11.8. The Labute approximate surface area is 205 Å². The fourth-order valence-electron chi connectivity index (χ4n) is 4.00. The molecule has 0 aliphatic carbocycles. The molecule has 8 nitrogen and oxygen atoms in total. The van der Waals surface area contributed by atoms with Crippen molar-refractivity contribution in [3.05, 3.63) is 64.9 Å². The monoisotopic (exact) mass is 476 g/mol.